The Balaban J connectivity index is 1.89. The van der Waals surface area contributed by atoms with Gasteiger partial charge in [0.05, 0.1) is 10.9 Å². The highest BCUT2D eigenvalue weighted by molar-refractivity contribution is 5.78. The Morgan fingerprint density at radius 1 is 1.17 bits per heavy atom. The van der Waals surface area contributed by atoms with E-state index in [0.29, 0.717) is 16.7 Å². The molecule has 120 valence electrons. The molecular weight excluding hydrogens is 306 g/mol. The molecular formula is C19H15NO4. The SMILES string of the molecule is CC(=O)Oc1ccc(/C=C/c2nc3ccccc3c(=O)o2)cc1C. The Bertz CT molecular complexity index is 1000. The van der Waals surface area contributed by atoms with Crippen molar-refractivity contribution in [3.63, 3.8) is 0 Å². The number of aryl methyl sites for hydroxylation is 1. The van der Waals surface area contributed by atoms with Crippen molar-refractivity contribution in [2.45, 2.75) is 13.8 Å². The fraction of sp³-hybridized carbons (Fsp3) is 0.105. The first-order valence-electron chi connectivity index (χ1n) is 7.40. The molecule has 0 aliphatic rings. The van der Waals surface area contributed by atoms with Crippen molar-refractivity contribution in [2.24, 2.45) is 0 Å². The van der Waals surface area contributed by atoms with Gasteiger partial charge < -0.3 is 9.15 Å². The number of aromatic nitrogens is 1. The van der Waals surface area contributed by atoms with Gasteiger partial charge in [-0.25, -0.2) is 9.78 Å². The Morgan fingerprint density at radius 3 is 2.71 bits per heavy atom. The van der Waals surface area contributed by atoms with Crippen molar-refractivity contribution in [3.8, 4) is 5.75 Å². The number of rotatable bonds is 3. The van der Waals surface area contributed by atoms with E-state index in [1.807, 2.05) is 19.1 Å². The van der Waals surface area contributed by atoms with E-state index in [0.717, 1.165) is 11.1 Å². The number of carbonyl (C=O) groups is 1. The maximum Gasteiger partial charge on any atom is 0.347 e. The summed E-state index contributed by atoms with van der Waals surface area (Å²) in [6.07, 6.45) is 3.42. The topological polar surface area (TPSA) is 69.4 Å². The third kappa shape index (κ3) is 3.41. The second-order valence-electron chi connectivity index (χ2n) is 5.31. The summed E-state index contributed by atoms with van der Waals surface area (Å²) in [5.74, 6) is 0.402. The Hall–Kier alpha value is -3.21. The lowest BCUT2D eigenvalue weighted by Crippen LogP contribution is -2.03. The number of fused-ring (bicyclic) bond motifs is 1. The molecule has 0 unspecified atom stereocenters. The molecule has 3 aromatic rings. The largest absolute Gasteiger partial charge is 0.426 e. The minimum absolute atomic E-state index is 0.236. The van der Waals surface area contributed by atoms with E-state index < -0.39 is 5.63 Å². The normalized spacial score (nSPS) is 11.1. The predicted octanol–water partition coefficient (Wildman–Crippen LogP) is 3.59. The molecule has 5 heteroatoms. The maximum absolute atomic E-state index is 11.9. The van der Waals surface area contributed by atoms with Gasteiger partial charge in [-0.15, -0.1) is 0 Å². The van der Waals surface area contributed by atoms with Crippen molar-refractivity contribution in [1.29, 1.82) is 0 Å². The third-order valence-electron chi connectivity index (χ3n) is 3.42. The number of esters is 1. The number of hydrogen-bond acceptors (Lipinski definition) is 5. The third-order valence-corrected chi connectivity index (χ3v) is 3.42. The van der Waals surface area contributed by atoms with E-state index in [1.165, 1.54) is 6.92 Å². The average Bonchev–Trinajstić information content (AvgIpc) is 2.55. The summed E-state index contributed by atoms with van der Waals surface area (Å²) in [5, 5.41) is 0.455. The fourth-order valence-corrected chi connectivity index (χ4v) is 2.32. The number of nitrogens with zero attached hydrogens (tertiary/aromatic N) is 1. The summed E-state index contributed by atoms with van der Waals surface area (Å²) in [7, 11) is 0. The van der Waals surface area contributed by atoms with Gasteiger partial charge in [-0.1, -0.05) is 18.2 Å². The summed E-state index contributed by atoms with van der Waals surface area (Å²) >= 11 is 0. The minimum atomic E-state index is -0.415. The van der Waals surface area contributed by atoms with Gasteiger partial charge in [-0.05, 0) is 48.4 Å². The standard InChI is InChI=1S/C19H15NO4/c1-12-11-14(7-9-17(12)23-13(2)21)8-10-18-20-16-6-4-3-5-15(16)19(22)24-18/h3-11H,1-2H3/b10-8+. The van der Waals surface area contributed by atoms with Gasteiger partial charge in [0.2, 0.25) is 5.89 Å². The molecule has 0 saturated carbocycles. The first-order chi connectivity index (χ1) is 11.5. The second-order valence-corrected chi connectivity index (χ2v) is 5.31. The van der Waals surface area contributed by atoms with Crippen LogP contribution in [0.2, 0.25) is 0 Å². The fourth-order valence-electron chi connectivity index (χ4n) is 2.32. The smallest absolute Gasteiger partial charge is 0.347 e. The van der Waals surface area contributed by atoms with Crippen LogP contribution in [0.25, 0.3) is 23.1 Å². The van der Waals surface area contributed by atoms with Gasteiger partial charge in [-0.2, -0.15) is 0 Å². The number of para-hydroxylation sites is 1. The molecule has 0 aliphatic heterocycles. The van der Waals surface area contributed by atoms with E-state index in [1.54, 1.807) is 42.5 Å². The zero-order valence-electron chi connectivity index (χ0n) is 13.3. The van der Waals surface area contributed by atoms with Gasteiger partial charge in [0.1, 0.15) is 5.75 Å². The molecule has 0 N–H and O–H groups in total. The average molecular weight is 321 g/mol. The van der Waals surface area contributed by atoms with E-state index in [9.17, 15) is 9.59 Å². The monoisotopic (exact) mass is 321 g/mol. The second kappa shape index (κ2) is 6.50. The molecule has 0 saturated heterocycles. The van der Waals surface area contributed by atoms with Crippen LogP contribution in [0, 0.1) is 6.92 Å². The molecule has 0 atom stereocenters. The quantitative estimate of drug-likeness (QED) is 0.544. The Morgan fingerprint density at radius 2 is 1.96 bits per heavy atom. The van der Waals surface area contributed by atoms with Crippen molar-refractivity contribution in [2.75, 3.05) is 0 Å². The lowest BCUT2D eigenvalue weighted by molar-refractivity contribution is -0.131. The van der Waals surface area contributed by atoms with Crippen molar-refractivity contribution in [3.05, 3.63) is 69.9 Å². The number of benzene rings is 2. The molecule has 0 aliphatic carbocycles. The Kier molecular flexibility index (Phi) is 4.24. The predicted molar refractivity (Wildman–Crippen MR) is 91.7 cm³/mol. The summed E-state index contributed by atoms with van der Waals surface area (Å²) in [6.45, 7) is 3.21. The molecule has 1 heterocycles. The van der Waals surface area contributed by atoms with Crippen LogP contribution in [-0.4, -0.2) is 11.0 Å². The van der Waals surface area contributed by atoms with E-state index in [-0.39, 0.29) is 11.9 Å². The van der Waals surface area contributed by atoms with Crippen LogP contribution in [0.4, 0.5) is 0 Å². The van der Waals surface area contributed by atoms with Gasteiger partial charge in [0, 0.05) is 13.0 Å². The van der Waals surface area contributed by atoms with Crippen molar-refractivity contribution < 1.29 is 13.9 Å². The maximum atomic E-state index is 11.9. The minimum Gasteiger partial charge on any atom is -0.426 e. The highest BCUT2D eigenvalue weighted by Gasteiger charge is 2.04. The zero-order valence-corrected chi connectivity index (χ0v) is 13.3. The molecule has 0 fully saturated rings. The number of hydrogen-bond donors (Lipinski definition) is 0. The first kappa shape index (κ1) is 15.7. The first-order valence-corrected chi connectivity index (χ1v) is 7.40. The lowest BCUT2D eigenvalue weighted by Gasteiger charge is -2.05. The highest BCUT2D eigenvalue weighted by Crippen LogP contribution is 2.20. The van der Waals surface area contributed by atoms with Crippen LogP contribution in [0.3, 0.4) is 0 Å². The molecule has 0 amide bonds. The van der Waals surface area contributed by atoms with Crippen LogP contribution in [0.1, 0.15) is 23.9 Å². The van der Waals surface area contributed by atoms with Crippen LogP contribution in [0.5, 0.6) is 5.75 Å². The number of ether oxygens (including phenoxy) is 1. The zero-order chi connectivity index (χ0) is 17.1. The van der Waals surface area contributed by atoms with Gasteiger partial charge in [0.25, 0.3) is 0 Å². The molecule has 5 nitrogen and oxygen atoms in total. The molecule has 3 rings (SSSR count). The van der Waals surface area contributed by atoms with Crippen LogP contribution < -0.4 is 10.4 Å². The highest BCUT2D eigenvalue weighted by atomic mass is 16.5. The molecule has 2 aromatic carbocycles. The van der Waals surface area contributed by atoms with Crippen LogP contribution in [0.15, 0.2) is 51.7 Å². The van der Waals surface area contributed by atoms with Crippen LogP contribution in [-0.2, 0) is 4.79 Å². The summed E-state index contributed by atoms with van der Waals surface area (Å²) in [4.78, 5) is 27.2. The van der Waals surface area contributed by atoms with Gasteiger partial charge >= 0.3 is 11.6 Å². The molecule has 0 radical (unpaired) electrons. The van der Waals surface area contributed by atoms with E-state index >= 15 is 0 Å². The van der Waals surface area contributed by atoms with E-state index in [2.05, 4.69) is 4.98 Å². The molecule has 0 spiro atoms. The van der Waals surface area contributed by atoms with Gasteiger partial charge in [0.15, 0.2) is 0 Å². The molecule has 0 bridgehead atoms. The molecule has 24 heavy (non-hydrogen) atoms. The summed E-state index contributed by atoms with van der Waals surface area (Å²) in [6, 6.07) is 12.4. The Labute approximate surface area is 138 Å². The van der Waals surface area contributed by atoms with Crippen molar-refractivity contribution >= 4 is 29.0 Å². The van der Waals surface area contributed by atoms with Gasteiger partial charge in [-0.3, -0.25) is 4.79 Å². The summed E-state index contributed by atoms with van der Waals surface area (Å²) < 4.78 is 10.3. The number of carbonyl (C=O) groups excluding carboxylic acids is 1. The molecule has 1 aromatic heterocycles. The van der Waals surface area contributed by atoms with E-state index in [4.69, 9.17) is 9.15 Å². The summed E-state index contributed by atoms with van der Waals surface area (Å²) in [5.41, 5.74) is 1.89. The lowest BCUT2D eigenvalue weighted by atomic mass is 10.1. The van der Waals surface area contributed by atoms with Crippen molar-refractivity contribution in [1.82, 2.24) is 4.98 Å². The van der Waals surface area contributed by atoms with Crippen LogP contribution >= 0.6 is 0 Å².